The lowest BCUT2D eigenvalue weighted by Crippen LogP contribution is -2.40. The van der Waals surface area contributed by atoms with Crippen molar-refractivity contribution in [2.45, 2.75) is 57.2 Å². The molecule has 49 heavy (non-hydrogen) atoms. The molecule has 1 aromatic heterocycles. The molecule has 1 fully saturated rings. The van der Waals surface area contributed by atoms with Crippen LogP contribution in [-0.2, 0) is 9.53 Å². The van der Waals surface area contributed by atoms with Gasteiger partial charge in [-0.15, -0.1) is 0 Å². The van der Waals surface area contributed by atoms with Gasteiger partial charge in [0.2, 0.25) is 11.5 Å². The van der Waals surface area contributed by atoms with E-state index in [2.05, 4.69) is 25.8 Å². The molecule has 0 radical (unpaired) electrons. The van der Waals surface area contributed by atoms with E-state index in [0.29, 0.717) is 48.2 Å². The van der Waals surface area contributed by atoms with E-state index in [1.165, 1.54) is 12.1 Å². The number of likely N-dealkylation sites (tertiary alicyclic amines) is 1. The lowest BCUT2D eigenvalue weighted by Gasteiger charge is -2.31. The average Bonchev–Trinajstić information content (AvgIpc) is 3.11. The van der Waals surface area contributed by atoms with Gasteiger partial charge in [-0.2, -0.15) is 0 Å². The SMILES string of the molecule is O=C(CCN1CCC(OC(=O)Nc2ccccc2-c2ccccc2)CC1)NCCCCCCNC[C@@H](O)c1ccc(O)c2[nH]c(=O)ccc12. The summed E-state index contributed by atoms with van der Waals surface area (Å²) in [5, 5.41) is 30.5. The molecule has 11 nitrogen and oxygen atoms in total. The maximum absolute atomic E-state index is 12.7. The number of para-hydroxylation sites is 1. The number of rotatable bonds is 16. The van der Waals surface area contributed by atoms with Crippen molar-refractivity contribution in [2.24, 2.45) is 0 Å². The zero-order chi connectivity index (χ0) is 34.4. The number of H-pyrrole nitrogens is 1. The third kappa shape index (κ3) is 10.6. The highest BCUT2D eigenvalue weighted by molar-refractivity contribution is 5.91. The van der Waals surface area contributed by atoms with E-state index in [1.54, 1.807) is 12.1 Å². The molecule has 1 atom stereocenters. The maximum atomic E-state index is 12.7. The summed E-state index contributed by atoms with van der Waals surface area (Å²) < 4.78 is 5.73. The van der Waals surface area contributed by atoms with Crippen LogP contribution < -0.4 is 21.5 Å². The van der Waals surface area contributed by atoms with E-state index in [9.17, 15) is 24.6 Å². The first kappa shape index (κ1) is 35.6. The number of unbranched alkanes of at least 4 members (excludes halogenated alkanes) is 3. The molecule has 260 valence electrons. The number of carbonyl (C=O) groups is 2. The fourth-order valence-electron chi connectivity index (χ4n) is 6.21. The first-order chi connectivity index (χ1) is 23.9. The number of aliphatic hydroxyl groups is 1. The van der Waals surface area contributed by atoms with Crippen molar-refractivity contribution in [3.8, 4) is 16.9 Å². The highest BCUT2D eigenvalue weighted by atomic mass is 16.6. The van der Waals surface area contributed by atoms with Crippen molar-refractivity contribution in [3.63, 3.8) is 0 Å². The van der Waals surface area contributed by atoms with Gasteiger partial charge in [0.25, 0.3) is 0 Å². The van der Waals surface area contributed by atoms with Crippen molar-refractivity contribution in [3.05, 3.63) is 94.8 Å². The van der Waals surface area contributed by atoms with Crippen LogP contribution in [0.2, 0.25) is 0 Å². The number of carbonyl (C=O) groups excluding carboxylic acids is 2. The minimum atomic E-state index is -0.774. The molecule has 1 aliphatic heterocycles. The monoisotopic (exact) mass is 669 g/mol. The molecule has 6 N–H and O–H groups in total. The first-order valence-corrected chi connectivity index (χ1v) is 17.2. The molecule has 0 aliphatic carbocycles. The lowest BCUT2D eigenvalue weighted by atomic mass is 10.0. The van der Waals surface area contributed by atoms with Gasteiger partial charge >= 0.3 is 6.09 Å². The smallest absolute Gasteiger partial charge is 0.411 e. The Balaban J connectivity index is 0.881. The molecule has 2 amide bonds. The number of amides is 2. The highest BCUT2D eigenvalue weighted by Crippen LogP contribution is 2.29. The topological polar surface area (TPSA) is 156 Å². The van der Waals surface area contributed by atoms with Crippen LogP contribution in [0.5, 0.6) is 5.75 Å². The van der Waals surface area contributed by atoms with Crippen LogP contribution in [0.1, 0.15) is 56.6 Å². The number of anilines is 1. The van der Waals surface area contributed by atoms with Gasteiger partial charge in [-0.25, -0.2) is 4.79 Å². The number of nitrogens with zero attached hydrogens (tertiary/aromatic N) is 1. The number of hydrogen-bond donors (Lipinski definition) is 6. The molecule has 11 heteroatoms. The normalized spacial score (nSPS) is 14.4. The molecule has 2 heterocycles. The standard InChI is InChI=1S/C38H47N5O6/c44-33-16-14-30(31-15-17-36(47)42-37(31)33)34(45)26-39-21-8-1-2-9-22-40-35(46)20-25-43-23-18-28(19-24-43)49-38(48)41-32-13-7-6-12-29(32)27-10-4-3-5-11-27/h3-7,10-17,28,34,39,44-45H,1-2,8-9,18-26H2,(H,40,46)(H,41,48)(H,42,47)/t34-/m1/s1. The van der Waals surface area contributed by atoms with Gasteiger partial charge < -0.3 is 35.5 Å². The Morgan fingerprint density at radius 2 is 1.63 bits per heavy atom. The van der Waals surface area contributed by atoms with E-state index in [0.717, 1.165) is 69.3 Å². The number of aromatic amines is 1. The van der Waals surface area contributed by atoms with E-state index in [1.807, 2.05) is 54.6 Å². The van der Waals surface area contributed by atoms with Gasteiger partial charge in [-0.05, 0) is 61.6 Å². The summed E-state index contributed by atoms with van der Waals surface area (Å²) in [7, 11) is 0. The Kier molecular flexibility index (Phi) is 13.2. The summed E-state index contributed by atoms with van der Waals surface area (Å²) in [6, 6.07) is 23.8. The number of hydrogen-bond acceptors (Lipinski definition) is 8. The van der Waals surface area contributed by atoms with Gasteiger partial charge in [0.15, 0.2) is 0 Å². The molecule has 0 saturated carbocycles. The second kappa shape index (κ2) is 18.2. The van der Waals surface area contributed by atoms with Crippen LogP contribution in [0, 0.1) is 0 Å². The number of phenolic OH excluding ortho intramolecular Hbond substituents is 1. The summed E-state index contributed by atoms with van der Waals surface area (Å²) in [6.45, 7) is 4.01. The predicted molar refractivity (Wildman–Crippen MR) is 192 cm³/mol. The summed E-state index contributed by atoms with van der Waals surface area (Å²) in [6.07, 6.45) is 4.41. The van der Waals surface area contributed by atoms with Crippen LogP contribution in [-0.4, -0.2) is 77.5 Å². The predicted octanol–water partition coefficient (Wildman–Crippen LogP) is 5.30. The van der Waals surface area contributed by atoms with Crippen molar-refractivity contribution >= 4 is 28.6 Å². The molecule has 3 aromatic carbocycles. The van der Waals surface area contributed by atoms with Gasteiger partial charge in [0.1, 0.15) is 11.9 Å². The van der Waals surface area contributed by atoms with Crippen molar-refractivity contribution < 1.29 is 24.5 Å². The third-order valence-electron chi connectivity index (χ3n) is 8.92. The molecule has 1 aliphatic rings. The number of benzene rings is 3. The number of ether oxygens (including phenoxy) is 1. The number of aromatic nitrogens is 1. The van der Waals surface area contributed by atoms with Crippen LogP contribution in [0.4, 0.5) is 10.5 Å². The first-order valence-electron chi connectivity index (χ1n) is 17.2. The van der Waals surface area contributed by atoms with Gasteiger partial charge in [-0.1, -0.05) is 67.4 Å². The maximum Gasteiger partial charge on any atom is 0.411 e. The third-order valence-corrected chi connectivity index (χ3v) is 8.92. The fraction of sp³-hybridized carbons (Fsp3) is 0.395. The Bertz CT molecular complexity index is 1720. The largest absolute Gasteiger partial charge is 0.506 e. The number of pyridine rings is 1. The highest BCUT2D eigenvalue weighted by Gasteiger charge is 2.23. The van der Waals surface area contributed by atoms with Gasteiger partial charge in [0, 0.05) is 56.2 Å². The number of piperidine rings is 1. The summed E-state index contributed by atoms with van der Waals surface area (Å²) in [5.74, 6) is 0.0247. The van der Waals surface area contributed by atoms with E-state index < -0.39 is 12.2 Å². The van der Waals surface area contributed by atoms with E-state index in [4.69, 9.17) is 4.74 Å². The number of phenols is 1. The zero-order valence-corrected chi connectivity index (χ0v) is 27.8. The molecule has 5 rings (SSSR count). The van der Waals surface area contributed by atoms with Crippen LogP contribution in [0.15, 0.2) is 83.7 Å². The molecule has 0 spiro atoms. The number of nitrogens with one attached hydrogen (secondary N) is 4. The minimum Gasteiger partial charge on any atom is -0.506 e. The number of aromatic hydroxyl groups is 1. The summed E-state index contributed by atoms with van der Waals surface area (Å²) >= 11 is 0. The molecule has 1 saturated heterocycles. The molecule has 0 unspecified atom stereocenters. The second-order valence-electron chi connectivity index (χ2n) is 12.5. The second-order valence-corrected chi connectivity index (χ2v) is 12.5. The molecule has 4 aromatic rings. The minimum absolute atomic E-state index is 0.0274. The van der Waals surface area contributed by atoms with Crippen molar-refractivity contribution in [2.75, 3.05) is 44.6 Å². The Morgan fingerprint density at radius 1 is 0.898 bits per heavy atom. The quantitative estimate of drug-likeness (QED) is 0.0878. The molecule has 0 bridgehead atoms. The van der Waals surface area contributed by atoms with Crippen molar-refractivity contribution in [1.29, 1.82) is 0 Å². The number of fused-ring (bicyclic) bond motifs is 1. The summed E-state index contributed by atoms with van der Waals surface area (Å²) in [5.41, 5.74) is 3.35. The van der Waals surface area contributed by atoms with E-state index in [-0.39, 0.29) is 23.3 Å². The Morgan fingerprint density at radius 3 is 2.43 bits per heavy atom. The Labute approximate surface area is 286 Å². The van der Waals surface area contributed by atoms with Gasteiger partial charge in [-0.3, -0.25) is 14.9 Å². The van der Waals surface area contributed by atoms with E-state index >= 15 is 0 Å². The average molecular weight is 670 g/mol. The summed E-state index contributed by atoms with van der Waals surface area (Å²) in [4.78, 5) is 41.5. The number of aliphatic hydroxyl groups excluding tert-OH is 1. The van der Waals surface area contributed by atoms with Gasteiger partial charge in [0.05, 0.1) is 17.3 Å². The van der Waals surface area contributed by atoms with Crippen LogP contribution in [0.25, 0.3) is 22.0 Å². The fourth-order valence-corrected chi connectivity index (χ4v) is 6.21. The Hall–Kier alpha value is -4.71. The molecular formula is C38H47N5O6. The van der Waals surface area contributed by atoms with Crippen LogP contribution in [0.3, 0.4) is 0 Å². The lowest BCUT2D eigenvalue weighted by molar-refractivity contribution is -0.121. The van der Waals surface area contributed by atoms with Crippen LogP contribution >= 0.6 is 0 Å². The van der Waals surface area contributed by atoms with Crippen molar-refractivity contribution in [1.82, 2.24) is 20.5 Å². The zero-order valence-electron chi connectivity index (χ0n) is 27.8. The molecular weight excluding hydrogens is 622 g/mol.